The third kappa shape index (κ3) is 3.29. The second-order valence-electron chi connectivity index (χ2n) is 13.3. The van der Waals surface area contributed by atoms with Crippen molar-refractivity contribution in [2.24, 2.45) is 5.92 Å². The molecule has 2 atom stereocenters. The van der Waals surface area contributed by atoms with E-state index in [0.29, 0.717) is 5.92 Å². The van der Waals surface area contributed by atoms with Crippen LogP contribution < -0.4 is 0 Å². The predicted octanol–water partition coefficient (Wildman–Crippen LogP) is 11.4. The maximum Gasteiger partial charge on any atom is 0.143 e. The Kier molecular flexibility index (Phi) is 4.93. The van der Waals surface area contributed by atoms with E-state index in [1.165, 1.54) is 66.4 Å². The molecule has 0 spiro atoms. The van der Waals surface area contributed by atoms with Gasteiger partial charge in [-0.15, -0.1) is 0 Å². The molecule has 2 heterocycles. The van der Waals surface area contributed by atoms with Gasteiger partial charge in [-0.05, 0) is 69.8 Å². The average molecular weight is 578 g/mol. The highest BCUT2D eigenvalue weighted by atomic mass is 16.3. The second kappa shape index (κ2) is 8.86. The summed E-state index contributed by atoms with van der Waals surface area (Å²) < 4.78 is 9.30. The third-order valence-corrected chi connectivity index (χ3v) is 10.6. The van der Waals surface area contributed by atoms with E-state index in [1.807, 2.05) is 0 Å². The average Bonchev–Trinajstić information content (AvgIpc) is 3.71. The Bertz CT molecular complexity index is 2460. The van der Waals surface area contributed by atoms with Gasteiger partial charge in [-0.1, -0.05) is 117 Å². The van der Waals surface area contributed by atoms with Gasteiger partial charge in [0, 0.05) is 44.7 Å². The third-order valence-electron chi connectivity index (χ3n) is 10.6. The van der Waals surface area contributed by atoms with E-state index >= 15 is 0 Å². The molecule has 45 heavy (non-hydrogen) atoms. The van der Waals surface area contributed by atoms with Crippen LogP contribution in [0.2, 0.25) is 0 Å². The van der Waals surface area contributed by atoms with Crippen molar-refractivity contribution in [3.63, 3.8) is 0 Å². The first-order chi connectivity index (χ1) is 22.1. The van der Waals surface area contributed by atoms with Crippen molar-refractivity contribution in [1.82, 2.24) is 4.57 Å². The molecular formula is C43H31NO. The van der Waals surface area contributed by atoms with Crippen LogP contribution in [0, 0.1) is 5.92 Å². The molecule has 3 aliphatic rings. The van der Waals surface area contributed by atoms with Gasteiger partial charge in [0.25, 0.3) is 0 Å². The lowest BCUT2D eigenvalue weighted by atomic mass is 9.78. The summed E-state index contributed by atoms with van der Waals surface area (Å²) in [7, 11) is 0. The molecule has 0 bridgehead atoms. The standard InChI is InChI=1S/C43H31NO/c1-43(2)34-18-9-8-15-31(34)32-21-19-27(25-35(32)43)30-16-10-17-33-40-38(45-42(30)33)24-23-37-41(40)39-29-14-7-6-11-26(29)20-22-36(39)44(37)28-12-4-3-5-13-28/h3-26,29H,1-2H3. The van der Waals surface area contributed by atoms with Crippen molar-refractivity contribution in [2.45, 2.75) is 25.2 Å². The quantitative estimate of drug-likeness (QED) is 0.200. The van der Waals surface area contributed by atoms with Crippen LogP contribution in [0.3, 0.4) is 0 Å². The zero-order valence-electron chi connectivity index (χ0n) is 25.3. The molecule has 0 aliphatic heterocycles. The van der Waals surface area contributed by atoms with E-state index in [0.717, 1.165) is 16.7 Å². The molecular weight excluding hydrogens is 546 g/mol. The van der Waals surface area contributed by atoms with Crippen LogP contribution in [0.1, 0.15) is 42.1 Å². The van der Waals surface area contributed by atoms with Gasteiger partial charge in [-0.25, -0.2) is 0 Å². The molecule has 3 aliphatic carbocycles. The number of hydrogen-bond acceptors (Lipinski definition) is 1. The predicted molar refractivity (Wildman–Crippen MR) is 187 cm³/mol. The normalized spacial score (nSPS) is 18.8. The minimum atomic E-state index is -0.0543. The minimum Gasteiger partial charge on any atom is -0.455 e. The van der Waals surface area contributed by atoms with Crippen LogP contribution >= 0.6 is 0 Å². The molecule has 2 nitrogen and oxygen atoms in total. The summed E-state index contributed by atoms with van der Waals surface area (Å²) in [5.41, 5.74) is 14.7. The molecule has 7 aromatic rings. The topological polar surface area (TPSA) is 18.1 Å². The number of allylic oxidation sites excluding steroid dienone is 5. The van der Waals surface area contributed by atoms with Crippen molar-refractivity contribution < 1.29 is 4.42 Å². The number of fused-ring (bicyclic) bond motifs is 12. The zero-order chi connectivity index (χ0) is 29.9. The molecule has 2 aromatic heterocycles. The summed E-state index contributed by atoms with van der Waals surface area (Å²) in [6.07, 6.45) is 13.8. The summed E-state index contributed by atoms with van der Waals surface area (Å²) in [6, 6.07) is 37.7. The van der Waals surface area contributed by atoms with E-state index in [9.17, 15) is 0 Å². The summed E-state index contributed by atoms with van der Waals surface area (Å²) in [4.78, 5) is 0. The number of hydrogen-bond donors (Lipinski definition) is 0. The number of furan rings is 1. The lowest BCUT2D eigenvalue weighted by Crippen LogP contribution is -2.14. The Morgan fingerprint density at radius 3 is 2.38 bits per heavy atom. The Morgan fingerprint density at radius 2 is 1.47 bits per heavy atom. The van der Waals surface area contributed by atoms with E-state index in [2.05, 4.69) is 158 Å². The van der Waals surface area contributed by atoms with Gasteiger partial charge in [-0.3, -0.25) is 0 Å². The maximum atomic E-state index is 6.86. The molecule has 0 amide bonds. The second-order valence-corrected chi connectivity index (χ2v) is 13.3. The minimum absolute atomic E-state index is 0.0543. The van der Waals surface area contributed by atoms with Gasteiger partial charge in [0.1, 0.15) is 11.2 Å². The van der Waals surface area contributed by atoms with Crippen molar-refractivity contribution >= 4 is 38.9 Å². The molecule has 5 aromatic carbocycles. The fourth-order valence-corrected chi connectivity index (χ4v) is 8.47. The van der Waals surface area contributed by atoms with Gasteiger partial charge in [0.05, 0.1) is 11.2 Å². The first-order valence-corrected chi connectivity index (χ1v) is 16.0. The smallest absolute Gasteiger partial charge is 0.143 e. The highest BCUT2D eigenvalue weighted by molar-refractivity contribution is 6.22. The summed E-state index contributed by atoms with van der Waals surface area (Å²) >= 11 is 0. The van der Waals surface area contributed by atoms with Crippen LogP contribution in [-0.2, 0) is 5.41 Å². The lowest BCUT2D eigenvalue weighted by Gasteiger charge is -2.26. The number of benzene rings is 5. The Labute approximate surface area is 262 Å². The molecule has 214 valence electrons. The molecule has 10 rings (SSSR count). The molecule has 0 saturated carbocycles. The summed E-state index contributed by atoms with van der Waals surface area (Å²) in [5.74, 6) is 0.627. The van der Waals surface area contributed by atoms with Crippen LogP contribution in [0.25, 0.3) is 66.9 Å². The number of rotatable bonds is 2. The first kappa shape index (κ1) is 25.0. The van der Waals surface area contributed by atoms with E-state index in [1.54, 1.807) is 0 Å². The Morgan fingerprint density at radius 1 is 0.667 bits per heavy atom. The number of nitrogens with zero attached hydrogens (tertiary/aromatic N) is 1. The van der Waals surface area contributed by atoms with Gasteiger partial charge in [-0.2, -0.15) is 0 Å². The van der Waals surface area contributed by atoms with Crippen LogP contribution in [0.5, 0.6) is 0 Å². The van der Waals surface area contributed by atoms with Crippen molar-refractivity contribution in [1.29, 1.82) is 0 Å². The molecule has 2 unspecified atom stereocenters. The molecule has 0 N–H and O–H groups in total. The van der Waals surface area contributed by atoms with Gasteiger partial charge in [0.15, 0.2) is 0 Å². The van der Waals surface area contributed by atoms with Crippen LogP contribution in [0.4, 0.5) is 0 Å². The van der Waals surface area contributed by atoms with E-state index in [4.69, 9.17) is 4.42 Å². The Hall–Kier alpha value is -5.34. The highest BCUT2D eigenvalue weighted by Gasteiger charge is 2.36. The van der Waals surface area contributed by atoms with Gasteiger partial charge in [0.2, 0.25) is 0 Å². The van der Waals surface area contributed by atoms with Crippen molar-refractivity contribution in [3.05, 3.63) is 156 Å². The Balaban J connectivity index is 1.26. The lowest BCUT2D eigenvalue weighted by molar-refractivity contribution is 0.660. The van der Waals surface area contributed by atoms with Gasteiger partial charge < -0.3 is 8.98 Å². The highest BCUT2D eigenvalue weighted by Crippen LogP contribution is 2.51. The molecule has 2 heteroatoms. The summed E-state index contributed by atoms with van der Waals surface area (Å²) in [6.45, 7) is 4.69. The molecule has 0 fully saturated rings. The fraction of sp³-hybridized carbons (Fsp3) is 0.116. The van der Waals surface area contributed by atoms with E-state index < -0.39 is 0 Å². The van der Waals surface area contributed by atoms with Crippen molar-refractivity contribution in [2.75, 3.05) is 0 Å². The monoisotopic (exact) mass is 577 g/mol. The van der Waals surface area contributed by atoms with Crippen LogP contribution in [-0.4, -0.2) is 4.57 Å². The van der Waals surface area contributed by atoms with Crippen LogP contribution in [0.15, 0.2) is 138 Å². The SMILES string of the molecule is CC1(C)c2ccccc2-c2ccc(-c3cccc4c3oc3ccc5c(c6c(n5-c5ccccc5)C=CC5C=CC=CC65)c34)cc21. The number of para-hydroxylation sites is 2. The van der Waals surface area contributed by atoms with Gasteiger partial charge >= 0.3 is 0 Å². The first-order valence-electron chi connectivity index (χ1n) is 16.0. The largest absolute Gasteiger partial charge is 0.455 e. The van der Waals surface area contributed by atoms with Crippen molar-refractivity contribution in [3.8, 4) is 27.9 Å². The number of aromatic nitrogens is 1. The zero-order valence-corrected chi connectivity index (χ0v) is 25.3. The molecule has 0 radical (unpaired) electrons. The summed E-state index contributed by atoms with van der Waals surface area (Å²) in [5, 5.41) is 3.68. The maximum absolute atomic E-state index is 6.86. The fourth-order valence-electron chi connectivity index (χ4n) is 8.47. The van der Waals surface area contributed by atoms with E-state index in [-0.39, 0.29) is 11.3 Å². The molecule has 0 saturated heterocycles.